The Kier molecular flexibility index (Phi) is 4.04. The Hall–Kier alpha value is -2.24. The lowest BCUT2D eigenvalue weighted by molar-refractivity contribution is -0.144. The Bertz CT molecular complexity index is 564. The van der Waals surface area contributed by atoms with E-state index in [2.05, 4.69) is 4.99 Å². The molecule has 6 heteroatoms. The van der Waals surface area contributed by atoms with Crippen LogP contribution < -0.4 is 0 Å². The van der Waals surface area contributed by atoms with Crippen LogP contribution in [0.5, 0.6) is 0 Å². The van der Waals surface area contributed by atoms with Gasteiger partial charge in [0, 0.05) is 0 Å². The number of rotatable bonds is 4. The van der Waals surface area contributed by atoms with Gasteiger partial charge in [-0.05, 0) is 32.4 Å². The van der Waals surface area contributed by atoms with Crippen LogP contribution in [-0.2, 0) is 9.59 Å². The molecule has 0 unspecified atom stereocenters. The fourth-order valence-corrected chi connectivity index (χ4v) is 1.39. The van der Waals surface area contributed by atoms with Gasteiger partial charge in [0.15, 0.2) is 5.82 Å². The van der Waals surface area contributed by atoms with Gasteiger partial charge in [0.25, 0.3) is 0 Å². The average Bonchev–Trinajstić information content (AvgIpc) is 2.30. The van der Waals surface area contributed by atoms with Crippen molar-refractivity contribution >= 4 is 23.3 Å². The molecule has 0 saturated carbocycles. The number of benzene rings is 1. The molecule has 0 amide bonds. The number of carbonyl (C=O) groups is 2. The van der Waals surface area contributed by atoms with E-state index in [1.54, 1.807) is 0 Å². The second-order valence-corrected chi connectivity index (χ2v) is 4.60. The maximum absolute atomic E-state index is 13.8. The summed E-state index contributed by atoms with van der Waals surface area (Å²) in [5.41, 5.74) is -2.22. The van der Waals surface area contributed by atoms with Crippen LogP contribution in [-0.4, -0.2) is 27.9 Å². The number of carboxylic acid groups (broad SMARTS) is 2. The standard InChI is InChI=1S/C13H14FNO4/c1-7-5-4-6-8(9(7)14)15-10(11(16)17)13(2,3)12(18)19/h4-6H,1-3H3,(H,16,17)(H,18,19). The van der Waals surface area contributed by atoms with E-state index in [9.17, 15) is 14.0 Å². The Morgan fingerprint density at radius 1 is 1.26 bits per heavy atom. The maximum atomic E-state index is 13.8. The van der Waals surface area contributed by atoms with E-state index in [1.807, 2.05) is 0 Å². The summed E-state index contributed by atoms with van der Waals surface area (Å²) in [7, 11) is 0. The van der Waals surface area contributed by atoms with Crippen LogP contribution in [0, 0.1) is 18.2 Å². The van der Waals surface area contributed by atoms with Crippen molar-refractivity contribution in [2.45, 2.75) is 20.8 Å². The topological polar surface area (TPSA) is 87.0 Å². The van der Waals surface area contributed by atoms with Gasteiger partial charge in [-0.25, -0.2) is 14.2 Å². The Morgan fingerprint density at radius 2 is 1.84 bits per heavy atom. The molecule has 0 radical (unpaired) electrons. The van der Waals surface area contributed by atoms with Crippen molar-refractivity contribution in [1.82, 2.24) is 0 Å². The monoisotopic (exact) mass is 267 g/mol. The van der Waals surface area contributed by atoms with Gasteiger partial charge in [0.2, 0.25) is 0 Å². The van der Waals surface area contributed by atoms with E-state index in [4.69, 9.17) is 10.2 Å². The lowest BCUT2D eigenvalue weighted by Crippen LogP contribution is -2.38. The highest BCUT2D eigenvalue weighted by Crippen LogP contribution is 2.25. The van der Waals surface area contributed by atoms with Gasteiger partial charge in [0.05, 0.1) is 5.69 Å². The first-order valence-electron chi connectivity index (χ1n) is 5.49. The highest BCUT2D eigenvalue weighted by atomic mass is 19.1. The molecular formula is C13H14FNO4. The van der Waals surface area contributed by atoms with Crippen LogP contribution in [0.2, 0.25) is 0 Å². The van der Waals surface area contributed by atoms with Crippen LogP contribution >= 0.6 is 0 Å². The van der Waals surface area contributed by atoms with Crippen LogP contribution in [0.4, 0.5) is 10.1 Å². The first kappa shape index (κ1) is 14.8. The number of aliphatic imine (C=N–C) groups is 1. The Morgan fingerprint density at radius 3 is 2.32 bits per heavy atom. The molecule has 0 aliphatic heterocycles. The summed E-state index contributed by atoms with van der Waals surface area (Å²) in [4.78, 5) is 25.9. The van der Waals surface area contributed by atoms with E-state index < -0.39 is 28.9 Å². The van der Waals surface area contributed by atoms with Crippen molar-refractivity contribution in [3.8, 4) is 0 Å². The lowest BCUT2D eigenvalue weighted by atomic mass is 9.87. The van der Waals surface area contributed by atoms with Gasteiger partial charge < -0.3 is 10.2 Å². The average molecular weight is 267 g/mol. The number of aliphatic carboxylic acids is 2. The molecule has 0 heterocycles. The zero-order valence-electron chi connectivity index (χ0n) is 10.8. The number of hydrogen-bond donors (Lipinski definition) is 2. The maximum Gasteiger partial charge on any atom is 0.351 e. The second kappa shape index (κ2) is 5.17. The molecule has 1 aromatic carbocycles. The van der Waals surface area contributed by atoms with Crippen LogP contribution in [0.3, 0.4) is 0 Å². The molecule has 0 spiro atoms. The third kappa shape index (κ3) is 2.96. The third-order valence-electron chi connectivity index (χ3n) is 2.73. The van der Waals surface area contributed by atoms with Crippen LogP contribution in [0.1, 0.15) is 19.4 Å². The normalized spacial score (nSPS) is 12.3. The minimum Gasteiger partial charge on any atom is -0.481 e. The molecule has 0 atom stereocenters. The van der Waals surface area contributed by atoms with E-state index in [0.717, 1.165) is 0 Å². The van der Waals surface area contributed by atoms with Gasteiger partial charge in [-0.2, -0.15) is 0 Å². The minimum absolute atomic E-state index is 0.188. The van der Waals surface area contributed by atoms with E-state index in [1.165, 1.54) is 39.0 Å². The molecule has 0 saturated heterocycles. The van der Waals surface area contributed by atoms with Gasteiger partial charge >= 0.3 is 11.9 Å². The zero-order valence-corrected chi connectivity index (χ0v) is 10.8. The van der Waals surface area contributed by atoms with Crippen molar-refractivity contribution in [1.29, 1.82) is 0 Å². The van der Waals surface area contributed by atoms with E-state index in [-0.39, 0.29) is 5.69 Å². The molecule has 0 fully saturated rings. The molecular weight excluding hydrogens is 253 g/mol. The zero-order chi connectivity index (χ0) is 14.8. The Balaban J connectivity index is 3.43. The van der Waals surface area contributed by atoms with Gasteiger partial charge in [-0.1, -0.05) is 12.1 Å². The number of aryl methyl sites for hydroxylation is 1. The molecule has 5 nitrogen and oxygen atoms in total. The van der Waals surface area contributed by atoms with Crippen molar-refractivity contribution in [2.75, 3.05) is 0 Å². The molecule has 2 N–H and O–H groups in total. The predicted octanol–water partition coefficient (Wildman–Crippen LogP) is 2.40. The number of halogens is 1. The summed E-state index contributed by atoms with van der Waals surface area (Å²) in [6.07, 6.45) is 0. The molecule has 0 aliphatic carbocycles. The summed E-state index contributed by atoms with van der Waals surface area (Å²) in [6, 6.07) is 4.32. The quantitative estimate of drug-likeness (QED) is 0.820. The molecule has 1 rings (SSSR count). The summed E-state index contributed by atoms with van der Waals surface area (Å²) in [5.74, 6) is -3.50. The SMILES string of the molecule is Cc1cccc(N=C(C(=O)O)C(C)(C)C(=O)O)c1F. The summed E-state index contributed by atoms with van der Waals surface area (Å²) in [6.45, 7) is 3.92. The summed E-state index contributed by atoms with van der Waals surface area (Å²) in [5, 5.41) is 18.1. The van der Waals surface area contributed by atoms with Gasteiger partial charge in [-0.15, -0.1) is 0 Å². The minimum atomic E-state index is -1.72. The molecule has 102 valence electrons. The first-order valence-corrected chi connectivity index (χ1v) is 5.49. The summed E-state index contributed by atoms with van der Waals surface area (Å²) >= 11 is 0. The third-order valence-corrected chi connectivity index (χ3v) is 2.73. The number of nitrogens with zero attached hydrogens (tertiary/aromatic N) is 1. The van der Waals surface area contributed by atoms with Crippen LogP contribution in [0.15, 0.2) is 23.2 Å². The highest BCUT2D eigenvalue weighted by Gasteiger charge is 2.38. The van der Waals surface area contributed by atoms with E-state index >= 15 is 0 Å². The lowest BCUT2D eigenvalue weighted by Gasteiger charge is -2.18. The molecule has 1 aromatic rings. The molecule has 19 heavy (non-hydrogen) atoms. The van der Waals surface area contributed by atoms with Gasteiger partial charge in [0.1, 0.15) is 11.1 Å². The predicted molar refractivity (Wildman–Crippen MR) is 67.3 cm³/mol. The van der Waals surface area contributed by atoms with Crippen molar-refractivity contribution in [3.63, 3.8) is 0 Å². The first-order chi connectivity index (χ1) is 8.67. The number of carboxylic acids is 2. The Labute approximate surface area is 109 Å². The largest absolute Gasteiger partial charge is 0.481 e. The second-order valence-electron chi connectivity index (χ2n) is 4.60. The molecule has 0 aliphatic rings. The summed E-state index contributed by atoms with van der Waals surface area (Å²) < 4.78 is 13.8. The van der Waals surface area contributed by atoms with Crippen molar-refractivity contribution in [2.24, 2.45) is 10.4 Å². The van der Waals surface area contributed by atoms with Crippen molar-refractivity contribution < 1.29 is 24.2 Å². The smallest absolute Gasteiger partial charge is 0.351 e. The van der Waals surface area contributed by atoms with E-state index in [0.29, 0.717) is 5.56 Å². The molecule has 0 bridgehead atoms. The fraction of sp³-hybridized carbons (Fsp3) is 0.308. The van der Waals surface area contributed by atoms with Crippen molar-refractivity contribution in [3.05, 3.63) is 29.6 Å². The van der Waals surface area contributed by atoms with Gasteiger partial charge in [-0.3, -0.25) is 4.79 Å². The number of hydrogen-bond acceptors (Lipinski definition) is 3. The highest BCUT2D eigenvalue weighted by molar-refractivity contribution is 6.41. The van der Waals surface area contributed by atoms with Crippen LogP contribution in [0.25, 0.3) is 0 Å². The fourth-order valence-electron chi connectivity index (χ4n) is 1.39. The molecule has 0 aromatic heterocycles.